The lowest BCUT2D eigenvalue weighted by molar-refractivity contribution is -0.133. The van der Waals surface area contributed by atoms with Gasteiger partial charge in [0.05, 0.1) is 64.7 Å². The summed E-state index contributed by atoms with van der Waals surface area (Å²) in [5, 5.41) is 12.3. The van der Waals surface area contributed by atoms with Gasteiger partial charge in [0.15, 0.2) is 11.5 Å². The Hall–Kier alpha value is -4.83. The van der Waals surface area contributed by atoms with Gasteiger partial charge in [0, 0.05) is 37.7 Å². The molecule has 0 fully saturated rings. The number of nitrogens with zero attached hydrogens (tertiary/aromatic N) is 5. The number of carbonyl (C=O) groups excluding carboxylic acids is 2. The molecule has 15 heteroatoms. The zero-order chi connectivity index (χ0) is 35.3. The highest BCUT2D eigenvalue weighted by Gasteiger charge is 2.21. The fourth-order valence-electron chi connectivity index (χ4n) is 5.58. The molecule has 5 rings (SSSR count). The maximum atomic E-state index is 13.0. The number of fused-ring (bicyclic) bond motifs is 2. The van der Waals surface area contributed by atoms with Gasteiger partial charge in [0.25, 0.3) is 0 Å². The van der Waals surface area contributed by atoms with Crippen LogP contribution in [0.3, 0.4) is 0 Å². The molecule has 0 unspecified atom stereocenters. The van der Waals surface area contributed by atoms with Gasteiger partial charge < -0.3 is 45.0 Å². The number of nitrogens with two attached hydrogens (primary N) is 1. The van der Waals surface area contributed by atoms with Crippen LogP contribution < -0.4 is 16.4 Å². The van der Waals surface area contributed by atoms with Gasteiger partial charge in [-0.15, -0.1) is 0 Å². The number of carbonyl (C=O) groups is 2. The van der Waals surface area contributed by atoms with E-state index in [-0.39, 0.29) is 19.1 Å². The molecular weight excluding hydrogens is 644 g/mol. The molecule has 1 aliphatic rings. The summed E-state index contributed by atoms with van der Waals surface area (Å²) in [5.41, 5.74) is 12.0. The van der Waals surface area contributed by atoms with Gasteiger partial charge in [-0.1, -0.05) is 24.3 Å². The Balaban J connectivity index is 1.01. The van der Waals surface area contributed by atoms with Gasteiger partial charge in [-0.05, 0) is 54.7 Å². The lowest BCUT2D eigenvalue weighted by atomic mass is 9.99. The van der Waals surface area contributed by atoms with Crippen LogP contribution in [0.15, 0.2) is 42.6 Å². The molecule has 1 aliphatic heterocycles. The van der Waals surface area contributed by atoms with E-state index in [1.165, 1.54) is 5.56 Å². The van der Waals surface area contributed by atoms with Crippen LogP contribution in [0.1, 0.15) is 28.7 Å². The zero-order valence-corrected chi connectivity index (χ0v) is 28.9. The third-order valence-electron chi connectivity index (χ3n) is 8.18. The minimum absolute atomic E-state index is 0.0574. The van der Waals surface area contributed by atoms with Crippen molar-refractivity contribution < 1.29 is 33.3 Å². The first kappa shape index (κ1) is 36.5. The van der Waals surface area contributed by atoms with Crippen LogP contribution in [0.4, 0.5) is 27.9 Å². The van der Waals surface area contributed by atoms with Gasteiger partial charge in [0.2, 0.25) is 11.9 Å². The molecule has 268 valence electrons. The molecule has 4 N–H and O–H groups in total. The molecule has 3 heterocycles. The normalized spacial score (nSPS) is 12.6. The van der Waals surface area contributed by atoms with Crippen LogP contribution in [-0.4, -0.2) is 103 Å². The topological polar surface area (TPSA) is 177 Å². The average molecular weight is 691 g/mol. The highest BCUT2D eigenvalue weighted by molar-refractivity contribution is 5.90. The summed E-state index contributed by atoms with van der Waals surface area (Å²) in [6.45, 7) is 8.50. The molecule has 0 bridgehead atoms. The number of benzene rings is 2. The SMILES string of the molecule is Cc1cccc(C)c1Nc1nn(C)c2nc(Nc3ccc4c(c3)CN(C(=O)CCOCCOCCOCCOCCOC(N)=O)CC4)ncc12. The van der Waals surface area contributed by atoms with E-state index >= 15 is 0 Å². The minimum atomic E-state index is -0.820. The fourth-order valence-corrected chi connectivity index (χ4v) is 5.58. The van der Waals surface area contributed by atoms with Crippen molar-refractivity contribution in [1.82, 2.24) is 24.6 Å². The number of rotatable bonds is 19. The number of hydrogen-bond acceptors (Lipinski definition) is 12. The summed E-state index contributed by atoms with van der Waals surface area (Å²) in [4.78, 5) is 34.6. The maximum Gasteiger partial charge on any atom is 0.404 e. The quantitative estimate of drug-likeness (QED) is 0.121. The van der Waals surface area contributed by atoms with Crippen LogP contribution in [-0.2, 0) is 48.5 Å². The molecule has 4 aromatic rings. The number of primary amides is 1. The van der Waals surface area contributed by atoms with Crippen molar-refractivity contribution in [2.45, 2.75) is 33.2 Å². The first-order valence-corrected chi connectivity index (χ1v) is 16.7. The van der Waals surface area contributed by atoms with Crippen molar-refractivity contribution in [2.24, 2.45) is 12.8 Å². The van der Waals surface area contributed by atoms with Crippen LogP contribution >= 0.6 is 0 Å². The molecule has 0 radical (unpaired) electrons. The van der Waals surface area contributed by atoms with Crippen molar-refractivity contribution in [3.8, 4) is 0 Å². The fraction of sp³-hybridized carbons (Fsp3) is 0.457. The Labute approximate surface area is 291 Å². The van der Waals surface area contributed by atoms with Crippen LogP contribution in [0.5, 0.6) is 0 Å². The van der Waals surface area contributed by atoms with Gasteiger partial charge in [-0.25, -0.2) is 14.5 Å². The third-order valence-corrected chi connectivity index (χ3v) is 8.18. The van der Waals surface area contributed by atoms with E-state index in [4.69, 9.17) is 29.7 Å². The average Bonchev–Trinajstić information content (AvgIpc) is 3.41. The van der Waals surface area contributed by atoms with E-state index in [0.29, 0.717) is 83.2 Å². The first-order chi connectivity index (χ1) is 24.3. The van der Waals surface area contributed by atoms with E-state index in [0.717, 1.165) is 39.9 Å². The van der Waals surface area contributed by atoms with Gasteiger partial charge in [0.1, 0.15) is 6.61 Å². The standard InChI is InChI=1S/C35H46N8O7/c1-24-5-4-6-25(2)31(24)39-32-29-22-37-35(40-33(29)42(3)41-32)38-28-8-7-26-9-11-43(23-27(26)21-28)30(44)10-12-46-13-14-47-15-16-48-17-18-49-19-20-50-34(36)45/h4-8,21-22H,9-20,23H2,1-3H3,(H2,36,45)(H,39,41)(H,37,38,40). The number of amides is 2. The zero-order valence-electron chi connectivity index (χ0n) is 28.9. The Morgan fingerprint density at radius 2 is 1.52 bits per heavy atom. The number of aryl methyl sites for hydroxylation is 3. The molecule has 2 aromatic carbocycles. The molecule has 15 nitrogen and oxygen atoms in total. The summed E-state index contributed by atoms with van der Waals surface area (Å²) in [6, 6.07) is 12.4. The second-order valence-electron chi connectivity index (χ2n) is 11.8. The van der Waals surface area contributed by atoms with Gasteiger partial charge >= 0.3 is 6.09 Å². The molecule has 2 aromatic heterocycles. The number of nitrogens with one attached hydrogen (secondary N) is 2. The summed E-state index contributed by atoms with van der Waals surface area (Å²) in [7, 11) is 1.87. The van der Waals surface area contributed by atoms with E-state index in [1.54, 1.807) is 10.9 Å². The van der Waals surface area contributed by atoms with Crippen LogP contribution in [0, 0.1) is 13.8 Å². The molecule has 0 saturated carbocycles. The van der Waals surface area contributed by atoms with Crippen molar-refractivity contribution in [3.05, 3.63) is 64.8 Å². The predicted octanol–water partition coefficient (Wildman–Crippen LogP) is 3.90. The Bertz CT molecular complexity index is 1730. The summed E-state index contributed by atoms with van der Waals surface area (Å²) in [5.74, 6) is 1.23. The Kier molecular flexibility index (Phi) is 13.3. The highest BCUT2D eigenvalue weighted by atomic mass is 16.6. The molecule has 0 spiro atoms. The van der Waals surface area contributed by atoms with E-state index in [2.05, 4.69) is 63.6 Å². The van der Waals surface area contributed by atoms with Gasteiger partial charge in [-0.3, -0.25) is 4.79 Å². The number of anilines is 4. The molecule has 2 amide bonds. The Morgan fingerprint density at radius 1 is 0.860 bits per heavy atom. The Morgan fingerprint density at radius 3 is 2.20 bits per heavy atom. The smallest absolute Gasteiger partial charge is 0.404 e. The molecule has 0 saturated heterocycles. The van der Waals surface area contributed by atoms with Crippen molar-refractivity contribution in [2.75, 3.05) is 76.6 Å². The number of para-hydroxylation sites is 1. The summed E-state index contributed by atoms with van der Waals surface area (Å²) in [6.07, 6.45) is 2.06. The van der Waals surface area contributed by atoms with Crippen molar-refractivity contribution in [3.63, 3.8) is 0 Å². The molecular formula is C35H46N8O7. The molecule has 0 aliphatic carbocycles. The number of aromatic nitrogens is 4. The maximum absolute atomic E-state index is 13.0. The second-order valence-corrected chi connectivity index (χ2v) is 11.8. The van der Waals surface area contributed by atoms with Crippen molar-refractivity contribution in [1.29, 1.82) is 0 Å². The number of ether oxygens (including phenoxy) is 5. The lowest BCUT2D eigenvalue weighted by Gasteiger charge is -2.29. The van der Waals surface area contributed by atoms with E-state index in [9.17, 15) is 9.59 Å². The highest BCUT2D eigenvalue weighted by Crippen LogP contribution is 2.29. The van der Waals surface area contributed by atoms with Crippen LogP contribution in [0.25, 0.3) is 11.0 Å². The van der Waals surface area contributed by atoms with Gasteiger partial charge in [-0.2, -0.15) is 10.1 Å². The number of hydrogen-bond donors (Lipinski definition) is 3. The second kappa shape index (κ2) is 18.2. The lowest BCUT2D eigenvalue weighted by Crippen LogP contribution is -2.36. The van der Waals surface area contributed by atoms with E-state index < -0.39 is 6.09 Å². The minimum Gasteiger partial charge on any atom is -0.447 e. The molecule has 0 atom stereocenters. The van der Waals surface area contributed by atoms with Crippen molar-refractivity contribution >= 4 is 46.2 Å². The first-order valence-electron chi connectivity index (χ1n) is 16.7. The summed E-state index contributed by atoms with van der Waals surface area (Å²) < 4.78 is 28.1. The summed E-state index contributed by atoms with van der Waals surface area (Å²) >= 11 is 0. The van der Waals surface area contributed by atoms with E-state index in [1.807, 2.05) is 24.1 Å². The predicted molar refractivity (Wildman–Crippen MR) is 188 cm³/mol. The molecule has 50 heavy (non-hydrogen) atoms. The van der Waals surface area contributed by atoms with Crippen LogP contribution in [0.2, 0.25) is 0 Å². The monoisotopic (exact) mass is 690 g/mol. The largest absolute Gasteiger partial charge is 0.447 e. The third kappa shape index (κ3) is 10.3.